The maximum atomic E-state index is 11.3. The van der Waals surface area contributed by atoms with Crippen LogP contribution in [0.3, 0.4) is 0 Å². The molecule has 0 aliphatic heterocycles. The van der Waals surface area contributed by atoms with Crippen molar-refractivity contribution < 1.29 is 9.90 Å². The van der Waals surface area contributed by atoms with Crippen LogP contribution in [0.2, 0.25) is 10.0 Å². The van der Waals surface area contributed by atoms with Crippen molar-refractivity contribution in [2.75, 3.05) is 0 Å². The van der Waals surface area contributed by atoms with Crippen molar-refractivity contribution in [3.8, 4) is 0 Å². The Morgan fingerprint density at radius 1 is 1.39 bits per heavy atom. The molecular formula is C13H17Cl2NO2. The number of carboxylic acids is 1. The molecule has 0 aliphatic carbocycles. The first-order chi connectivity index (χ1) is 8.39. The highest BCUT2D eigenvalue weighted by Crippen LogP contribution is 2.25. The SMILES string of the molecule is CCCC[C@](N)(Cc1ccc(Cl)c(Cl)c1)C(=O)O. The number of unbranched alkanes of at least 4 members (excludes halogenated alkanes) is 1. The summed E-state index contributed by atoms with van der Waals surface area (Å²) in [5.41, 5.74) is 5.51. The first kappa shape index (κ1) is 15.3. The minimum atomic E-state index is -1.24. The summed E-state index contributed by atoms with van der Waals surface area (Å²) in [6, 6.07) is 5.08. The molecule has 0 saturated heterocycles. The molecule has 0 radical (unpaired) electrons. The Labute approximate surface area is 117 Å². The molecule has 0 spiro atoms. The van der Waals surface area contributed by atoms with E-state index in [0.29, 0.717) is 16.5 Å². The van der Waals surface area contributed by atoms with Gasteiger partial charge >= 0.3 is 5.97 Å². The van der Waals surface area contributed by atoms with Gasteiger partial charge in [0.15, 0.2) is 0 Å². The van der Waals surface area contributed by atoms with Crippen molar-refractivity contribution in [2.24, 2.45) is 5.73 Å². The lowest BCUT2D eigenvalue weighted by atomic mass is 9.87. The molecule has 1 atom stereocenters. The van der Waals surface area contributed by atoms with Gasteiger partial charge in [0.05, 0.1) is 10.0 Å². The molecule has 0 amide bonds. The number of aliphatic carboxylic acids is 1. The Hall–Kier alpha value is -0.770. The number of halogens is 2. The van der Waals surface area contributed by atoms with Crippen molar-refractivity contribution in [1.82, 2.24) is 0 Å². The lowest BCUT2D eigenvalue weighted by molar-refractivity contribution is -0.143. The lowest BCUT2D eigenvalue weighted by Gasteiger charge is -2.24. The fourth-order valence-electron chi connectivity index (χ4n) is 1.78. The second-order valence-electron chi connectivity index (χ2n) is 4.49. The minimum absolute atomic E-state index is 0.249. The molecule has 3 nitrogen and oxygen atoms in total. The van der Waals surface area contributed by atoms with Gasteiger partial charge in [0.2, 0.25) is 0 Å². The van der Waals surface area contributed by atoms with Gasteiger partial charge in [-0.1, -0.05) is 49.0 Å². The summed E-state index contributed by atoms with van der Waals surface area (Å²) in [5, 5.41) is 10.1. The van der Waals surface area contributed by atoms with E-state index in [-0.39, 0.29) is 6.42 Å². The van der Waals surface area contributed by atoms with Crippen LogP contribution in [0, 0.1) is 0 Å². The van der Waals surface area contributed by atoms with Crippen LogP contribution >= 0.6 is 23.2 Å². The standard InChI is InChI=1S/C13H17Cl2NO2/c1-2-3-6-13(16,12(17)18)8-9-4-5-10(14)11(15)7-9/h4-5,7H,2-3,6,8,16H2,1H3,(H,17,18)/t13-/m0/s1. The molecule has 0 unspecified atom stereocenters. The summed E-state index contributed by atoms with van der Waals surface area (Å²) in [4.78, 5) is 11.3. The van der Waals surface area contributed by atoms with Crippen molar-refractivity contribution >= 4 is 29.2 Å². The molecule has 1 rings (SSSR count). The number of nitrogens with two attached hydrogens (primary N) is 1. The van der Waals surface area contributed by atoms with Crippen LogP contribution in [0.5, 0.6) is 0 Å². The highest BCUT2D eigenvalue weighted by atomic mass is 35.5. The zero-order valence-electron chi connectivity index (χ0n) is 10.2. The third-order valence-corrected chi connectivity index (χ3v) is 3.64. The molecule has 18 heavy (non-hydrogen) atoms. The van der Waals surface area contributed by atoms with E-state index in [1.54, 1.807) is 18.2 Å². The van der Waals surface area contributed by atoms with Crippen LogP contribution in [-0.4, -0.2) is 16.6 Å². The number of carbonyl (C=O) groups is 1. The average Bonchev–Trinajstić information content (AvgIpc) is 2.31. The summed E-state index contributed by atoms with van der Waals surface area (Å²) in [7, 11) is 0. The smallest absolute Gasteiger partial charge is 0.324 e. The van der Waals surface area contributed by atoms with E-state index in [4.69, 9.17) is 28.9 Å². The molecule has 0 fully saturated rings. The molecule has 0 heterocycles. The monoisotopic (exact) mass is 289 g/mol. The number of hydrogen-bond acceptors (Lipinski definition) is 2. The zero-order chi connectivity index (χ0) is 13.8. The molecule has 0 saturated carbocycles. The number of hydrogen-bond donors (Lipinski definition) is 2. The zero-order valence-corrected chi connectivity index (χ0v) is 11.8. The van der Waals surface area contributed by atoms with Crippen LogP contribution < -0.4 is 5.73 Å². The highest BCUT2D eigenvalue weighted by molar-refractivity contribution is 6.42. The highest BCUT2D eigenvalue weighted by Gasteiger charge is 2.33. The normalized spacial score (nSPS) is 14.2. The van der Waals surface area contributed by atoms with E-state index in [0.717, 1.165) is 18.4 Å². The van der Waals surface area contributed by atoms with Gasteiger partial charge in [0.25, 0.3) is 0 Å². The quantitative estimate of drug-likeness (QED) is 0.842. The average molecular weight is 290 g/mol. The Morgan fingerprint density at radius 3 is 2.56 bits per heavy atom. The Morgan fingerprint density at radius 2 is 2.06 bits per heavy atom. The van der Waals surface area contributed by atoms with Gasteiger partial charge < -0.3 is 10.8 Å². The molecule has 0 bridgehead atoms. The summed E-state index contributed by atoms with van der Waals surface area (Å²) in [6.07, 6.45) is 2.38. The maximum Gasteiger partial charge on any atom is 0.324 e. The van der Waals surface area contributed by atoms with Crippen LogP contribution in [-0.2, 0) is 11.2 Å². The van der Waals surface area contributed by atoms with Crippen LogP contribution in [0.4, 0.5) is 0 Å². The predicted octanol–water partition coefficient (Wildman–Crippen LogP) is 3.51. The summed E-state index contributed by atoms with van der Waals surface area (Å²) in [6.45, 7) is 2.00. The fraction of sp³-hybridized carbons (Fsp3) is 0.462. The van der Waals surface area contributed by atoms with E-state index in [2.05, 4.69) is 0 Å². The Kier molecular flexibility index (Phi) is 5.45. The molecule has 1 aromatic rings. The lowest BCUT2D eigenvalue weighted by Crippen LogP contribution is -2.49. The largest absolute Gasteiger partial charge is 0.480 e. The Balaban J connectivity index is 2.89. The number of rotatable bonds is 6. The Bertz CT molecular complexity index is 437. The first-order valence-corrected chi connectivity index (χ1v) is 6.61. The van der Waals surface area contributed by atoms with Gasteiger partial charge in [-0.05, 0) is 24.1 Å². The fourth-order valence-corrected chi connectivity index (χ4v) is 2.10. The van der Waals surface area contributed by atoms with Crippen molar-refractivity contribution in [3.05, 3.63) is 33.8 Å². The van der Waals surface area contributed by atoms with E-state index in [9.17, 15) is 9.90 Å². The molecule has 5 heteroatoms. The van der Waals surface area contributed by atoms with Gasteiger partial charge in [-0.2, -0.15) is 0 Å². The summed E-state index contributed by atoms with van der Waals surface area (Å²) < 4.78 is 0. The van der Waals surface area contributed by atoms with Gasteiger partial charge in [-0.25, -0.2) is 0 Å². The van der Waals surface area contributed by atoms with Crippen LogP contribution in [0.1, 0.15) is 31.7 Å². The van der Waals surface area contributed by atoms with Gasteiger partial charge in [0.1, 0.15) is 5.54 Å². The minimum Gasteiger partial charge on any atom is -0.480 e. The van der Waals surface area contributed by atoms with Crippen molar-refractivity contribution in [3.63, 3.8) is 0 Å². The van der Waals surface area contributed by atoms with Gasteiger partial charge in [-0.3, -0.25) is 4.79 Å². The maximum absolute atomic E-state index is 11.3. The second kappa shape index (κ2) is 6.41. The molecular weight excluding hydrogens is 273 g/mol. The first-order valence-electron chi connectivity index (χ1n) is 5.85. The summed E-state index contributed by atoms with van der Waals surface area (Å²) in [5.74, 6) is -0.984. The van der Waals surface area contributed by atoms with E-state index in [1.807, 2.05) is 6.92 Å². The third kappa shape index (κ3) is 3.87. The van der Waals surface area contributed by atoms with Crippen molar-refractivity contribution in [1.29, 1.82) is 0 Å². The van der Waals surface area contributed by atoms with E-state index < -0.39 is 11.5 Å². The number of carboxylic acid groups (broad SMARTS) is 1. The molecule has 3 N–H and O–H groups in total. The number of benzene rings is 1. The molecule has 1 aromatic carbocycles. The van der Waals surface area contributed by atoms with Crippen LogP contribution in [0.15, 0.2) is 18.2 Å². The molecule has 100 valence electrons. The van der Waals surface area contributed by atoms with Crippen molar-refractivity contribution in [2.45, 2.75) is 38.1 Å². The van der Waals surface area contributed by atoms with E-state index in [1.165, 1.54) is 0 Å². The van der Waals surface area contributed by atoms with Crippen LogP contribution in [0.25, 0.3) is 0 Å². The topological polar surface area (TPSA) is 63.3 Å². The molecule has 0 aliphatic rings. The third-order valence-electron chi connectivity index (χ3n) is 2.91. The summed E-state index contributed by atoms with van der Waals surface area (Å²) >= 11 is 11.7. The van der Waals surface area contributed by atoms with Gasteiger partial charge in [-0.15, -0.1) is 0 Å². The van der Waals surface area contributed by atoms with E-state index >= 15 is 0 Å². The predicted molar refractivity (Wildman–Crippen MR) is 74.2 cm³/mol. The van der Waals surface area contributed by atoms with Gasteiger partial charge in [0, 0.05) is 6.42 Å². The molecule has 0 aromatic heterocycles. The second-order valence-corrected chi connectivity index (χ2v) is 5.30.